The molecule has 0 unspecified atom stereocenters. The molecular formula is C21H25BF2N4. The molecular weight excluding hydrogens is 357 g/mol. The Labute approximate surface area is 164 Å². The van der Waals surface area contributed by atoms with Crippen LogP contribution in [0.1, 0.15) is 62.3 Å². The van der Waals surface area contributed by atoms with E-state index < -0.39 is 6.97 Å². The van der Waals surface area contributed by atoms with Crippen molar-refractivity contribution < 1.29 is 13.1 Å². The van der Waals surface area contributed by atoms with Gasteiger partial charge in [-0.15, -0.1) is 0 Å². The van der Waals surface area contributed by atoms with Gasteiger partial charge in [-0.3, -0.25) is 0 Å². The largest absolute Gasteiger partial charge is 0.737 e. The Morgan fingerprint density at radius 1 is 1.11 bits per heavy atom. The first-order valence-electron chi connectivity index (χ1n) is 9.84. The fraction of sp³-hybridized carbons (Fsp3) is 0.381. The van der Waals surface area contributed by atoms with Gasteiger partial charge >= 0.3 is 6.97 Å². The van der Waals surface area contributed by atoms with Crippen LogP contribution in [0.15, 0.2) is 35.4 Å². The summed E-state index contributed by atoms with van der Waals surface area (Å²) < 4.78 is 34.5. The van der Waals surface area contributed by atoms with E-state index in [1.54, 1.807) is 26.1 Å². The summed E-state index contributed by atoms with van der Waals surface area (Å²) in [5, 5.41) is 0. The van der Waals surface area contributed by atoms with Gasteiger partial charge in [0, 0.05) is 30.0 Å². The normalized spacial score (nSPS) is 18.1. The first-order valence-corrected chi connectivity index (χ1v) is 9.84. The predicted molar refractivity (Wildman–Crippen MR) is 109 cm³/mol. The van der Waals surface area contributed by atoms with Crippen molar-refractivity contribution in [1.82, 2.24) is 14.4 Å². The van der Waals surface area contributed by atoms with Crippen molar-refractivity contribution in [2.24, 2.45) is 0 Å². The first-order chi connectivity index (χ1) is 13.3. The summed E-state index contributed by atoms with van der Waals surface area (Å²) in [4.78, 5) is 8.47. The minimum atomic E-state index is -3.99. The van der Waals surface area contributed by atoms with Crippen molar-refractivity contribution in [3.63, 3.8) is 0 Å². The van der Waals surface area contributed by atoms with Crippen molar-refractivity contribution in [1.29, 1.82) is 0 Å². The summed E-state index contributed by atoms with van der Waals surface area (Å²) in [6, 6.07) is 1.81. The molecule has 0 atom stereocenters. The molecule has 0 fully saturated rings. The summed E-state index contributed by atoms with van der Waals surface area (Å²) in [5.41, 5.74) is 7.71. The summed E-state index contributed by atoms with van der Waals surface area (Å²) >= 11 is 0. The van der Waals surface area contributed by atoms with E-state index in [4.69, 9.17) is 0 Å². The van der Waals surface area contributed by atoms with Crippen molar-refractivity contribution in [2.75, 3.05) is 0 Å². The van der Waals surface area contributed by atoms with Gasteiger partial charge in [0.1, 0.15) is 12.0 Å². The second-order valence-electron chi connectivity index (χ2n) is 7.58. The summed E-state index contributed by atoms with van der Waals surface area (Å²) in [7, 11) is 0. The lowest BCUT2D eigenvalue weighted by Gasteiger charge is -2.33. The second kappa shape index (κ2) is 6.22. The van der Waals surface area contributed by atoms with E-state index in [0.717, 1.165) is 27.8 Å². The van der Waals surface area contributed by atoms with Crippen molar-refractivity contribution in [3.8, 4) is 0 Å². The maximum Gasteiger partial charge on any atom is 0.737 e. The number of nitrogens with zero attached hydrogens (tertiary/aromatic N) is 4. The van der Waals surface area contributed by atoms with Crippen LogP contribution in [0.5, 0.6) is 0 Å². The summed E-state index contributed by atoms with van der Waals surface area (Å²) in [6.45, 7) is 7.56. The second-order valence-corrected chi connectivity index (χ2v) is 7.58. The third-order valence-corrected chi connectivity index (χ3v) is 6.33. The van der Waals surface area contributed by atoms with Crippen molar-refractivity contribution in [3.05, 3.63) is 63.6 Å². The van der Waals surface area contributed by atoms with Gasteiger partial charge in [-0.25, -0.2) is 9.97 Å². The van der Waals surface area contributed by atoms with E-state index in [1.807, 2.05) is 27.7 Å². The standard InChI is InChI=1S/C21H25BF2N4/c1-7-16-12(3)20-19(18-9-10-25-11-26-18)21-13(4)17(8-2)15(6)28(21)22(23,24)27(20)14(16)5/h9-11H,7-8H2,1-6H3. The predicted octanol–water partition coefficient (Wildman–Crippen LogP) is 4.67. The summed E-state index contributed by atoms with van der Waals surface area (Å²) in [6.07, 6.45) is 4.58. The fourth-order valence-electron chi connectivity index (χ4n) is 5.16. The lowest BCUT2D eigenvalue weighted by molar-refractivity contribution is -0.363. The highest BCUT2D eigenvalue weighted by molar-refractivity contribution is 6.58. The summed E-state index contributed by atoms with van der Waals surface area (Å²) in [5.74, 6) is 0. The van der Waals surface area contributed by atoms with E-state index in [1.165, 1.54) is 15.3 Å². The smallest absolute Gasteiger partial charge is 0.393 e. The molecule has 4 nitrogen and oxygen atoms in total. The van der Waals surface area contributed by atoms with Crippen LogP contribution in [0.3, 0.4) is 0 Å². The van der Waals surface area contributed by atoms with Crippen LogP contribution in [0.2, 0.25) is 0 Å². The fourth-order valence-corrected chi connectivity index (χ4v) is 5.16. The van der Waals surface area contributed by atoms with Crippen molar-refractivity contribution >= 4 is 18.3 Å². The first kappa shape index (κ1) is 18.8. The molecule has 0 saturated carbocycles. The Morgan fingerprint density at radius 2 is 1.82 bits per heavy atom. The Hall–Kier alpha value is -2.57. The minimum absolute atomic E-state index is 0.591. The van der Waals surface area contributed by atoms with Gasteiger partial charge in [-0.2, -0.15) is 0 Å². The molecule has 0 saturated heterocycles. The molecule has 2 aromatic heterocycles. The van der Waals surface area contributed by atoms with E-state index in [2.05, 4.69) is 9.97 Å². The molecule has 4 rings (SSSR count). The number of hydrogen-bond donors (Lipinski definition) is 0. The molecule has 0 amide bonds. The number of fused-ring (bicyclic) bond motifs is 2. The molecule has 0 aromatic carbocycles. The molecule has 28 heavy (non-hydrogen) atoms. The van der Waals surface area contributed by atoms with Crippen LogP contribution in [0.25, 0.3) is 5.57 Å². The highest BCUT2D eigenvalue weighted by Gasteiger charge is 2.56. The maximum absolute atomic E-state index is 16.0. The van der Waals surface area contributed by atoms with Crippen LogP contribution < -0.4 is 0 Å². The number of allylic oxidation sites excluding steroid dienone is 2. The van der Waals surface area contributed by atoms with Crippen LogP contribution in [0, 0.1) is 13.8 Å². The lowest BCUT2D eigenvalue weighted by atomic mass is 9.85. The SMILES string of the molecule is CCC1=C(C)C2=C(c3ccncn3)c3c(C)c(CC)c(C)n3[B-](F)(F)[N+]2=C1C. The van der Waals surface area contributed by atoms with E-state index in [-0.39, 0.29) is 0 Å². The average molecular weight is 382 g/mol. The Balaban J connectivity index is 2.23. The van der Waals surface area contributed by atoms with Gasteiger partial charge in [0.2, 0.25) is 0 Å². The quantitative estimate of drug-likeness (QED) is 0.724. The number of aromatic nitrogens is 3. The molecule has 0 radical (unpaired) electrons. The third kappa shape index (κ3) is 2.19. The van der Waals surface area contributed by atoms with E-state index >= 15 is 8.63 Å². The van der Waals surface area contributed by atoms with Gasteiger partial charge in [-0.1, -0.05) is 13.8 Å². The van der Waals surface area contributed by atoms with Gasteiger partial charge in [0.15, 0.2) is 5.70 Å². The maximum atomic E-state index is 16.0. The molecule has 146 valence electrons. The third-order valence-electron chi connectivity index (χ3n) is 6.33. The van der Waals surface area contributed by atoms with Crippen LogP contribution in [-0.2, 0) is 6.42 Å². The molecule has 0 bridgehead atoms. The molecule has 2 aliphatic heterocycles. The Morgan fingerprint density at radius 3 is 2.39 bits per heavy atom. The lowest BCUT2D eigenvalue weighted by Crippen LogP contribution is -2.51. The number of hydrogen-bond acceptors (Lipinski definition) is 2. The molecule has 0 N–H and O–H groups in total. The topological polar surface area (TPSA) is 33.7 Å². The van der Waals surface area contributed by atoms with Gasteiger partial charge in [-0.05, 0) is 56.5 Å². The molecule has 0 spiro atoms. The minimum Gasteiger partial charge on any atom is -0.393 e. The zero-order chi connectivity index (χ0) is 20.4. The molecule has 0 aliphatic carbocycles. The Kier molecular flexibility index (Phi) is 4.17. The van der Waals surface area contributed by atoms with Gasteiger partial charge in [0.05, 0.1) is 11.3 Å². The van der Waals surface area contributed by atoms with Crippen molar-refractivity contribution in [2.45, 2.75) is 54.4 Å². The zero-order valence-corrected chi connectivity index (χ0v) is 17.3. The highest BCUT2D eigenvalue weighted by atomic mass is 19.2. The van der Waals surface area contributed by atoms with E-state index in [9.17, 15) is 0 Å². The molecule has 7 heteroatoms. The van der Waals surface area contributed by atoms with Crippen LogP contribution >= 0.6 is 0 Å². The number of halogens is 2. The van der Waals surface area contributed by atoms with Gasteiger partial charge < -0.3 is 17.6 Å². The molecule has 2 aliphatic rings. The monoisotopic (exact) mass is 382 g/mol. The highest BCUT2D eigenvalue weighted by Crippen LogP contribution is 2.46. The zero-order valence-electron chi connectivity index (χ0n) is 17.3. The average Bonchev–Trinajstić information content (AvgIpc) is 3.07. The van der Waals surface area contributed by atoms with Crippen LogP contribution in [-0.4, -0.2) is 31.6 Å². The van der Waals surface area contributed by atoms with Crippen LogP contribution in [0.4, 0.5) is 8.63 Å². The molecule has 2 aromatic rings. The van der Waals surface area contributed by atoms with E-state index in [0.29, 0.717) is 41.3 Å². The number of rotatable bonds is 3. The Bertz CT molecular complexity index is 1090. The van der Waals surface area contributed by atoms with Gasteiger partial charge in [0.25, 0.3) is 0 Å². The molecule has 4 heterocycles.